The standard InChI is InChI=1S/C17H18N4.ClH/c1-2-8-14(9-3-1)19-20-21-12-18-15-10-4-6-13-7-5-11-16(21)17(13)15;/h1-3,5,7-9,11-12,15,19-20H,4,6,10H2;1H. The van der Waals surface area contributed by atoms with Gasteiger partial charge in [0.15, 0.2) is 0 Å². The van der Waals surface area contributed by atoms with Crippen molar-refractivity contribution in [2.45, 2.75) is 25.3 Å². The zero-order chi connectivity index (χ0) is 14.1. The first-order valence-electron chi connectivity index (χ1n) is 7.43. The summed E-state index contributed by atoms with van der Waals surface area (Å²) < 4.78 is 0. The van der Waals surface area contributed by atoms with Crippen LogP contribution in [0.25, 0.3) is 0 Å². The second kappa shape index (κ2) is 6.38. The molecule has 22 heavy (non-hydrogen) atoms. The van der Waals surface area contributed by atoms with E-state index in [2.05, 4.69) is 29.2 Å². The second-order valence-corrected chi connectivity index (χ2v) is 5.50. The molecule has 1 heterocycles. The number of nitrogens with zero attached hydrogens (tertiary/aromatic N) is 2. The van der Waals surface area contributed by atoms with Crippen molar-refractivity contribution < 1.29 is 0 Å². The minimum absolute atomic E-state index is 0. The highest BCUT2D eigenvalue weighted by Crippen LogP contribution is 2.40. The van der Waals surface area contributed by atoms with Crippen molar-refractivity contribution in [3.63, 3.8) is 0 Å². The summed E-state index contributed by atoms with van der Waals surface area (Å²) in [7, 11) is 0. The molecule has 0 spiro atoms. The number of aliphatic imine (C=N–C) groups is 1. The fourth-order valence-electron chi connectivity index (χ4n) is 3.14. The van der Waals surface area contributed by atoms with Crippen molar-refractivity contribution in [2.75, 3.05) is 10.4 Å². The molecule has 4 nitrogen and oxygen atoms in total. The first kappa shape index (κ1) is 14.9. The lowest BCUT2D eigenvalue weighted by molar-refractivity contribution is 0.564. The summed E-state index contributed by atoms with van der Waals surface area (Å²) in [5.74, 6) is 0. The molecule has 5 heteroatoms. The maximum Gasteiger partial charge on any atom is 0.107 e. The smallest absolute Gasteiger partial charge is 0.107 e. The molecule has 2 aromatic carbocycles. The highest BCUT2D eigenvalue weighted by molar-refractivity contribution is 5.85. The molecule has 1 atom stereocenters. The molecule has 0 bridgehead atoms. The molecule has 114 valence electrons. The fraction of sp³-hybridized carbons (Fsp3) is 0.235. The van der Waals surface area contributed by atoms with E-state index in [-0.39, 0.29) is 12.4 Å². The van der Waals surface area contributed by atoms with Crippen molar-refractivity contribution >= 4 is 30.1 Å². The van der Waals surface area contributed by atoms with Crippen LogP contribution in [0.3, 0.4) is 0 Å². The average molecular weight is 315 g/mol. The Morgan fingerprint density at radius 3 is 2.77 bits per heavy atom. The number of aryl methyl sites for hydroxylation is 1. The van der Waals surface area contributed by atoms with Gasteiger partial charge < -0.3 is 5.43 Å². The number of hydrogen-bond acceptors (Lipinski definition) is 4. The third-order valence-corrected chi connectivity index (χ3v) is 4.15. The van der Waals surface area contributed by atoms with E-state index in [4.69, 9.17) is 4.99 Å². The third kappa shape index (κ3) is 2.67. The number of nitrogens with one attached hydrogen (secondary N) is 2. The van der Waals surface area contributed by atoms with Gasteiger partial charge in [-0.25, -0.2) is 5.01 Å². The molecule has 0 saturated heterocycles. The minimum atomic E-state index is 0. The fourth-order valence-corrected chi connectivity index (χ4v) is 3.14. The summed E-state index contributed by atoms with van der Waals surface area (Å²) >= 11 is 0. The quantitative estimate of drug-likeness (QED) is 0.845. The van der Waals surface area contributed by atoms with Crippen LogP contribution in [0.1, 0.15) is 30.0 Å². The largest absolute Gasteiger partial charge is 0.304 e. The number of para-hydroxylation sites is 1. The van der Waals surface area contributed by atoms with Gasteiger partial charge in [-0.3, -0.25) is 4.99 Å². The van der Waals surface area contributed by atoms with Gasteiger partial charge in [0, 0.05) is 5.56 Å². The molecule has 0 aromatic heterocycles. The molecule has 2 aliphatic rings. The second-order valence-electron chi connectivity index (χ2n) is 5.50. The van der Waals surface area contributed by atoms with Crippen LogP contribution in [0.15, 0.2) is 53.5 Å². The Morgan fingerprint density at radius 1 is 1.05 bits per heavy atom. The summed E-state index contributed by atoms with van der Waals surface area (Å²) in [6, 6.07) is 16.9. The molecule has 2 aromatic rings. The lowest BCUT2D eigenvalue weighted by Gasteiger charge is -2.34. The van der Waals surface area contributed by atoms with E-state index in [0.29, 0.717) is 6.04 Å². The van der Waals surface area contributed by atoms with Crippen molar-refractivity contribution in [3.05, 3.63) is 59.7 Å². The maximum atomic E-state index is 4.69. The molecular weight excluding hydrogens is 296 g/mol. The predicted octanol–water partition coefficient (Wildman–Crippen LogP) is 3.87. The highest BCUT2D eigenvalue weighted by atomic mass is 35.5. The van der Waals surface area contributed by atoms with E-state index < -0.39 is 0 Å². The Bertz CT molecular complexity index is 672. The number of halogens is 1. The van der Waals surface area contributed by atoms with E-state index in [9.17, 15) is 0 Å². The third-order valence-electron chi connectivity index (χ3n) is 4.15. The van der Waals surface area contributed by atoms with Crippen LogP contribution < -0.4 is 16.0 Å². The van der Waals surface area contributed by atoms with E-state index in [1.165, 1.54) is 23.2 Å². The lowest BCUT2D eigenvalue weighted by atomic mass is 9.86. The maximum absolute atomic E-state index is 4.69. The summed E-state index contributed by atoms with van der Waals surface area (Å²) in [6.45, 7) is 0. The Balaban J connectivity index is 0.00000144. The zero-order valence-electron chi connectivity index (χ0n) is 12.2. The van der Waals surface area contributed by atoms with Gasteiger partial charge in [-0.05, 0) is 43.0 Å². The molecule has 0 radical (unpaired) electrons. The van der Waals surface area contributed by atoms with E-state index in [1.54, 1.807) is 0 Å². The Morgan fingerprint density at radius 2 is 1.91 bits per heavy atom. The molecule has 4 rings (SSSR count). The van der Waals surface area contributed by atoms with Crippen LogP contribution in [0.4, 0.5) is 11.4 Å². The number of rotatable bonds is 3. The summed E-state index contributed by atoms with van der Waals surface area (Å²) in [5.41, 5.74) is 11.5. The van der Waals surface area contributed by atoms with Gasteiger partial charge in [-0.2, -0.15) is 0 Å². The molecule has 0 saturated carbocycles. The van der Waals surface area contributed by atoms with Gasteiger partial charge in [0.2, 0.25) is 0 Å². The van der Waals surface area contributed by atoms with Crippen LogP contribution >= 0.6 is 12.4 Å². The van der Waals surface area contributed by atoms with Crippen LogP contribution in [0.2, 0.25) is 0 Å². The van der Waals surface area contributed by atoms with Gasteiger partial charge in [-0.1, -0.05) is 30.3 Å². The summed E-state index contributed by atoms with van der Waals surface area (Å²) in [5, 5.41) is 1.97. The topological polar surface area (TPSA) is 39.7 Å². The van der Waals surface area contributed by atoms with Crippen molar-refractivity contribution in [1.29, 1.82) is 0 Å². The Kier molecular flexibility index (Phi) is 4.32. The van der Waals surface area contributed by atoms with Crippen molar-refractivity contribution in [3.8, 4) is 0 Å². The van der Waals surface area contributed by atoms with E-state index in [1.807, 2.05) is 41.7 Å². The number of hydrogen-bond donors (Lipinski definition) is 2. The highest BCUT2D eigenvalue weighted by Gasteiger charge is 2.27. The van der Waals surface area contributed by atoms with Crippen LogP contribution in [0, 0.1) is 0 Å². The molecule has 0 fully saturated rings. The first-order valence-corrected chi connectivity index (χ1v) is 7.43. The van der Waals surface area contributed by atoms with Crippen LogP contribution in [-0.4, -0.2) is 6.34 Å². The minimum Gasteiger partial charge on any atom is -0.304 e. The normalized spacial score (nSPS) is 18.4. The molecule has 1 unspecified atom stereocenters. The lowest BCUT2D eigenvalue weighted by Crippen LogP contribution is -2.43. The average Bonchev–Trinajstić information content (AvgIpc) is 2.56. The molecule has 2 N–H and O–H groups in total. The molecule has 1 aliphatic carbocycles. The van der Waals surface area contributed by atoms with Gasteiger partial charge in [0.05, 0.1) is 17.4 Å². The van der Waals surface area contributed by atoms with Crippen LogP contribution in [0.5, 0.6) is 0 Å². The van der Waals surface area contributed by atoms with Gasteiger partial charge in [0.1, 0.15) is 6.34 Å². The summed E-state index contributed by atoms with van der Waals surface area (Å²) in [4.78, 5) is 4.69. The molecular formula is C17H19ClN4. The van der Waals surface area contributed by atoms with E-state index in [0.717, 1.165) is 18.5 Å². The van der Waals surface area contributed by atoms with Gasteiger partial charge >= 0.3 is 0 Å². The Hall–Kier alpha value is -2.04. The number of hydrazine groups is 2. The molecule has 1 aliphatic heterocycles. The molecule has 0 amide bonds. The number of anilines is 2. The zero-order valence-corrected chi connectivity index (χ0v) is 13.0. The van der Waals surface area contributed by atoms with Crippen LogP contribution in [-0.2, 0) is 6.42 Å². The number of benzene rings is 2. The SMILES string of the molecule is C1=NC2CCCc3cccc(c32)N1NNc1ccccc1.Cl. The van der Waals surface area contributed by atoms with Gasteiger partial charge in [-0.15, -0.1) is 17.9 Å². The Labute approximate surface area is 136 Å². The van der Waals surface area contributed by atoms with Crippen molar-refractivity contribution in [1.82, 2.24) is 5.53 Å². The van der Waals surface area contributed by atoms with Gasteiger partial charge in [0.25, 0.3) is 0 Å². The monoisotopic (exact) mass is 314 g/mol. The summed E-state index contributed by atoms with van der Waals surface area (Å²) in [6.07, 6.45) is 5.43. The van der Waals surface area contributed by atoms with E-state index >= 15 is 0 Å². The predicted molar refractivity (Wildman–Crippen MR) is 93.5 cm³/mol. The van der Waals surface area contributed by atoms with Crippen molar-refractivity contribution in [2.24, 2.45) is 4.99 Å². The first-order chi connectivity index (χ1) is 10.4.